The molecule has 1 aromatic heterocycles. The number of aromatic nitrogens is 1. The molecule has 2 N–H and O–H groups in total. The number of urea groups is 1. The molecular formula is C10H11BrFN3O. The number of amides is 2. The molecule has 6 heteroatoms. The van der Waals surface area contributed by atoms with Gasteiger partial charge in [0.25, 0.3) is 0 Å². The van der Waals surface area contributed by atoms with Crippen molar-refractivity contribution in [2.24, 2.45) is 0 Å². The van der Waals surface area contributed by atoms with Crippen molar-refractivity contribution in [2.75, 3.05) is 5.32 Å². The highest BCUT2D eigenvalue weighted by atomic mass is 79.9. The Balaban J connectivity index is 1.94. The molecule has 1 aliphatic carbocycles. The van der Waals surface area contributed by atoms with Crippen LogP contribution in [0, 0.1) is 5.95 Å². The van der Waals surface area contributed by atoms with Gasteiger partial charge >= 0.3 is 6.03 Å². The molecule has 0 bridgehead atoms. The van der Waals surface area contributed by atoms with Gasteiger partial charge < -0.3 is 10.6 Å². The maximum Gasteiger partial charge on any atom is 0.319 e. The topological polar surface area (TPSA) is 54.0 Å². The quantitative estimate of drug-likeness (QED) is 0.822. The van der Waals surface area contributed by atoms with Crippen LogP contribution in [0.5, 0.6) is 0 Å². The largest absolute Gasteiger partial charge is 0.335 e. The lowest BCUT2D eigenvalue weighted by molar-refractivity contribution is 0.240. The average Bonchev–Trinajstić information content (AvgIpc) is 2.16. The van der Waals surface area contributed by atoms with Crippen LogP contribution >= 0.6 is 15.9 Å². The van der Waals surface area contributed by atoms with E-state index in [1.807, 2.05) is 0 Å². The van der Waals surface area contributed by atoms with Crippen LogP contribution in [0.15, 0.2) is 16.7 Å². The summed E-state index contributed by atoms with van der Waals surface area (Å²) in [7, 11) is 0. The number of pyridine rings is 1. The molecule has 0 radical (unpaired) electrons. The van der Waals surface area contributed by atoms with Gasteiger partial charge in [-0.3, -0.25) is 0 Å². The van der Waals surface area contributed by atoms with Gasteiger partial charge in [-0.1, -0.05) is 0 Å². The van der Waals surface area contributed by atoms with Crippen molar-refractivity contribution < 1.29 is 9.18 Å². The molecule has 0 saturated heterocycles. The molecule has 86 valence electrons. The zero-order chi connectivity index (χ0) is 11.5. The predicted molar refractivity (Wildman–Crippen MR) is 61.7 cm³/mol. The summed E-state index contributed by atoms with van der Waals surface area (Å²) in [5.41, 5.74) is 0.457. The SMILES string of the molecule is O=C(Nc1ccc(F)nc1Br)NC1CCC1. The number of nitrogens with zero attached hydrogens (tertiary/aromatic N) is 1. The number of nitrogens with one attached hydrogen (secondary N) is 2. The first-order chi connectivity index (χ1) is 7.65. The molecule has 1 aliphatic rings. The van der Waals surface area contributed by atoms with E-state index in [0.717, 1.165) is 19.3 Å². The molecule has 2 rings (SSSR count). The fraction of sp³-hybridized carbons (Fsp3) is 0.400. The highest BCUT2D eigenvalue weighted by Crippen LogP contribution is 2.21. The smallest absolute Gasteiger partial charge is 0.319 e. The predicted octanol–water partition coefficient (Wildman–Crippen LogP) is 2.66. The summed E-state index contributed by atoms with van der Waals surface area (Å²) in [4.78, 5) is 15.0. The number of halogens is 2. The Morgan fingerprint density at radius 1 is 1.50 bits per heavy atom. The monoisotopic (exact) mass is 287 g/mol. The first-order valence-corrected chi connectivity index (χ1v) is 5.84. The Labute approximate surface area is 101 Å². The van der Waals surface area contributed by atoms with Crippen molar-refractivity contribution in [3.05, 3.63) is 22.7 Å². The zero-order valence-electron chi connectivity index (χ0n) is 8.46. The molecule has 16 heavy (non-hydrogen) atoms. The van der Waals surface area contributed by atoms with Crippen LogP contribution in [-0.4, -0.2) is 17.1 Å². The second-order valence-corrected chi connectivity index (χ2v) is 4.45. The molecule has 0 spiro atoms. The number of hydrogen-bond acceptors (Lipinski definition) is 2. The molecule has 2 amide bonds. The summed E-state index contributed by atoms with van der Waals surface area (Å²) in [6.45, 7) is 0. The summed E-state index contributed by atoms with van der Waals surface area (Å²) < 4.78 is 13.0. The minimum absolute atomic E-state index is 0.271. The first-order valence-electron chi connectivity index (χ1n) is 5.05. The molecular weight excluding hydrogens is 277 g/mol. The Bertz CT molecular complexity index is 409. The second-order valence-electron chi connectivity index (χ2n) is 3.70. The van der Waals surface area contributed by atoms with Gasteiger partial charge in [-0.25, -0.2) is 9.78 Å². The number of rotatable bonds is 2. The summed E-state index contributed by atoms with van der Waals surface area (Å²) in [5, 5.41) is 5.42. The number of carbonyl (C=O) groups is 1. The number of hydrogen-bond donors (Lipinski definition) is 2. The second kappa shape index (κ2) is 4.78. The van der Waals surface area contributed by atoms with E-state index >= 15 is 0 Å². The molecule has 1 heterocycles. The van der Waals surface area contributed by atoms with Crippen molar-refractivity contribution in [1.82, 2.24) is 10.3 Å². The molecule has 0 aromatic carbocycles. The maximum atomic E-state index is 12.7. The molecule has 0 aliphatic heterocycles. The van der Waals surface area contributed by atoms with Gasteiger partial charge in [-0.2, -0.15) is 4.39 Å². The lowest BCUT2D eigenvalue weighted by Gasteiger charge is -2.26. The van der Waals surface area contributed by atoms with Gasteiger partial charge in [0, 0.05) is 6.04 Å². The zero-order valence-corrected chi connectivity index (χ0v) is 10.1. The van der Waals surface area contributed by atoms with E-state index in [-0.39, 0.29) is 16.7 Å². The minimum atomic E-state index is -0.586. The van der Waals surface area contributed by atoms with E-state index in [1.165, 1.54) is 12.1 Å². The minimum Gasteiger partial charge on any atom is -0.335 e. The first kappa shape index (κ1) is 11.3. The van der Waals surface area contributed by atoms with Crippen LogP contribution in [0.2, 0.25) is 0 Å². The number of carbonyl (C=O) groups excluding carboxylic acids is 1. The Kier molecular flexibility index (Phi) is 3.38. The van der Waals surface area contributed by atoms with E-state index in [4.69, 9.17) is 0 Å². The van der Waals surface area contributed by atoms with Gasteiger partial charge in [0.05, 0.1) is 5.69 Å². The van der Waals surface area contributed by atoms with Gasteiger partial charge in [0.2, 0.25) is 5.95 Å². The van der Waals surface area contributed by atoms with Crippen molar-refractivity contribution in [2.45, 2.75) is 25.3 Å². The van der Waals surface area contributed by atoms with Crippen LogP contribution in [0.4, 0.5) is 14.9 Å². The van der Waals surface area contributed by atoms with Gasteiger partial charge in [-0.05, 0) is 47.3 Å². The third-order valence-electron chi connectivity index (χ3n) is 2.50. The van der Waals surface area contributed by atoms with Gasteiger partial charge in [0.1, 0.15) is 4.60 Å². The van der Waals surface area contributed by atoms with Crippen LogP contribution in [0.1, 0.15) is 19.3 Å². The van der Waals surface area contributed by atoms with Crippen molar-refractivity contribution in [3.63, 3.8) is 0 Å². The highest BCUT2D eigenvalue weighted by molar-refractivity contribution is 9.10. The molecule has 1 saturated carbocycles. The fourth-order valence-electron chi connectivity index (χ4n) is 1.40. The lowest BCUT2D eigenvalue weighted by Crippen LogP contribution is -2.41. The molecule has 4 nitrogen and oxygen atoms in total. The van der Waals surface area contributed by atoms with E-state index in [2.05, 4.69) is 31.5 Å². The fourth-order valence-corrected chi connectivity index (χ4v) is 1.80. The Hall–Kier alpha value is -1.17. The summed E-state index contributed by atoms with van der Waals surface area (Å²) in [6.07, 6.45) is 3.21. The van der Waals surface area contributed by atoms with E-state index < -0.39 is 5.95 Å². The molecule has 0 unspecified atom stereocenters. The third-order valence-corrected chi connectivity index (χ3v) is 3.11. The van der Waals surface area contributed by atoms with Gasteiger partial charge in [-0.15, -0.1) is 0 Å². The summed E-state index contributed by atoms with van der Waals surface area (Å²) >= 11 is 3.08. The highest BCUT2D eigenvalue weighted by Gasteiger charge is 2.19. The van der Waals surface area contributed by atoms with Crippen LogP contribution in [0.3, 0.4) is 0 Å². The molecule has 1 aromatic rings. The van der Waals surface area contributed by atoms with E-state index in [9.17, 15) is 9.18 Å². The Morgan fingerprint density at radius 2 is 2.25 bits per heavy atom. The molecule has 1 fully saturated rings. The van der Waals surface area contributed by atoms with Gasteiger partial charge in [0.15, 0.2) is 0 Å². The van der Waals surface area contributed by atoms with Crippen LogP contribution in [0.25, 0.3) is 0 Å². The standard InChI is InChI=1S/C10H11BrFN3O/c11-9-7(4-5-8(12)15-9)14-10(16)13-6-2-1-3-6/h4-6H,1-3H2,(H2,13,14,16). The van der Waals surface area contributed by atoms with Crippen LogP contribution < -0.4 is 10.6 Å². The van der Waals surface area contributed by atoms with Crippen LogP contribution in [-0.2, 0) is 0 Å². The summed E-state index contributed by atoms with van der Waals surface area (Å²) in [5.74, 6) is -0.586. The molecule has 0 atom stereocenters. The maximum absolute atomic E-state index is 12.7. The van der Waals surface area contributed by atoms with Crippen molar-refractivity contribution >= 4 is 27.6 Å². The Morgan fingerprint density at radius 3 is 2.81 bits per heavy atom. The van der Waals surface area contributed by atoms with Crippen molar-refractivity contribution in [3.8, 4) is 0 Å². The normalized spacial score (nSPS) is 15.4. The summed E-state index contributed by atoms with van der Waals surface area (Å²) in [6, 6.07) is 2.65. The van der Waals surface area contributed by atoms with Crippen molar-refractivity contribution in [1.29, 1.82) is 0 Å². The van der Waals surface area contributed by atoms with E-state index in [1.54, 1.807) is 0 Å². The van der Waals surface area contributed by atoms with E-state index in [0.29, 0.717) is 5.69 Å². The third kappa shape index (κ3) is 2.69. The number of anilines is 1. The lowest BCUT2D eigenvalue weighted by atomic mass is 9.93. The average molecular weight is 288 g/mol.